The fraction of sp³-hybridized carbons (Fsp3) is 0.222. The summed E-state index contributed by atoms with van der Waals surface area (Å²) >= 11 is 0. The fourth-order valence-corrected chi connectivity index (χ4v) is 3.40. The van der Waals surface area contributed by atoms with E-state index in [0.717, 1.165) is 16.7 Å². The molecule has 3 aromatic rings. The number of fused-ring (bicyclic) bond motifs is 1. The predicted octanol–water partition coefficient (Wildman–Crippen LogP) is 3.75. The number of hydrogen-bond donors (Lipinski definition) is 2. The summed E-state index contributed by atoms with van der Waals surface area (Å²) < 4.78 is 7.30. The van der Waals surface area contributed by atoms with Gasteiger partial charge < -0.3 is 15.4 Å². The number of aromatic nitrogens is 3. The lowest BCUT2D eigenvalue weighted by Gasteiger charge is -2.11. The number of aliphatic imine (C=N–C) groups is 1. The Balaban J connectivity index is 1.65. The summed E-state index contributed by atoms with van der Waals surface area (Å²) in [7, 11) is 0. The maximum Gasteiger partial charge on any atom is 0.269 e. The van der Waals surface area contributed by atoms with E-state index >= 15 is 0 Å². The van der Waals surface area contributed by atoms with Crippen molar-refractivity contribution in [2.45, 2.75) is 20.8 Å². The molecule has 0 fully saturated rings. The van der Waals surface area contributed by atoms with Gasteiger partial charge in [0.2, 0.25) is 0 Å². The molecule has 0 radical (unpaired) electrons. The molecule has 0 saturated carbocycles. The summed E-state index contributed by atoms with van der Waals surface area (Å²) in [5, 5.41) is 19.7. The quantitative estimate of drug-likeness (QED) is 0.150. The molecule has 0 unspecified atom stereocenters. The lowest BCUT2D eigenvalue weighted by atomic mass is 10.1. The molecule has 3 heterocycles. The van der Waals surface area contributed by atoms with Crippen LogP contribution in [0.5, 0.6) is 5.75 Å². The molecule has 36 heavy (non-hydrogen) atoms. The van der Waals surface area contributed by atoms with Crippen LogP contribution in [0.25, 0.3) is 16.6 Å². The lowest BCUT2D eigenvalue weighted by molar-refractivity contribution is -0.117. The topological polar surface area (TPSA) is 117 Å². The average molecular weight is 482 g/mol. The first kappa shape index (κ1) is 25.7. The van der Waals surface area contributed by atoms with Gasteiger partial charge in [-0.2, -0.15) is 10.4 Å². The summed E-state index contributed by atoms with van der Waals surface area (Å²) in [4.78, 5) is 20.6. The summed E-state index contributed by atoms with van der Waals surface area (Å²) in [6.45, 7) is 10.3. The van der Waals surface area contributed by atoms with E-state index in [1.165, 1.54) is 6.20 Å². The van der Waals surface area contributed by atoms with Crippen LogP contribution >= 0.6 is 0 Å². The van der Waals surface area contributed by atoms with Crippen molar-refractivity contribution in [1.82, 2.24) is 19.9 Å². The summed E-state index contributed by atoms with van der Waals surface area (Å²) in [5.41, 5.74) is 3.82. The number of rotatable bonds is 10. The predicted molar refractivity (Wildman–Crippen MR) is 141 cm³/mol. The van der Waals surface area contributed by atoms with Gasteiger partial charge in [-0.1, -0.05) is 5.92 Å². The summed E-state index contributed by atoms with van der Waals surface area (Å²) in [6.07, 6.45) is 8.32. The highest BCUT2D eigenvalue weighted by molar-refractivity contribution is 5.94. The Hall–Kier alpha value is -4.89. The van der Waals surface area contributed by atoms with Crippen molar-refractivity contribution < 1.29 is 9.53 Å². The number of pyridine rings is 2. The molecule has 0 atom stereocenters. The molecule has 0 aliphatic rings. The van der Waals surface area contributed by atoms with E-state index < -0.39 is 0 Å². The standard InChI is InChI=1S/C27H27N7O2/c1-5-7-19(3)8-10-24(29-4)27(35)31-13-12-30-25-11-9-20(16-32-25)23-14-22(36-6-2)18-34-26(23)21(15-28)17-33-34/h8-11,14,16-18H,4,6,12-13H2,1-3H3,(H,30,32)(H,31,35)/b19-8+,24-10-. The van der Waals surface area contributed by atoms with Crippen molar-refractivity contribution in [3.8, 4) is 34.8 Å². The third-order valence-corrected chi connectivity index (χ3v) is 5.03. The van der Waals surface area contributed by atoms with Gasteiger partial charge in [0.15, 0.2) is 0 Å². The van der Waals surface area contributed by atoms with Crippen molar-refractivity contribution >= 4 is 24.0 Å². The SMILES string of the molecule is C=N/C(=C\C=C(/C)C#CC)C(=O)NCCNc1ccc(-c2cc(OCC)cn3ncc(C#N)c23)cn1. The molecule has 0 saturated heterocycles. The monoisotopic (exact) mass is 481 g/mol. The Bertz CT molecular complexity index is 1410. The van der Waals surface area contributed by atoms with Gasteiger partial charge >= 0.3 is 0 Å². The van der Waals surface area contributed by atoms with Crippen LogP contribution in [0.2, 0.25) is 0 Å². The van der Waals surface area contributed by atoms with Crippen LogP contribution in [0.15, 0.2) is 65.2 Å². The van der Waals surface area contributed by atoms with Crippen molar-refractivity contribution in [1.29, 1.82) is 5.26 Å². The molecule has 3 aromatic heterocycles. The van der Waals surface area contributed by atoms with E-state index in [9.17, 15) is 10.1 Å². The first-order valence-electron chi connectivity index (χ1n) is 11.3. The number of hydrogen-bond acceptors (Lipinski definition) is 7. The van der Waals surface area contributed by atoms with Crippen molar-refractivity contribution in [3.63, 3.8) is 0 Å². The van der Waals surface area contributed by atoms with E-state index in [0.29, 0.717) is 42.3 Å². The largest absolute Gasteiger partial charge is 0.492 e. The molecule has 2 N–H and O–H groups in total. The molecule has 1 amide bonds. The van der Waals surface area contributed by atoms with Gasteiger partial charge in [0.1, 0.15) is 23.3 Å². The zero-order chi connectivity index (χ0) is 25.9. The van der Waals surface area contributed by atoms with Gasteiger partial charge in [0, 0.05) is 30.4 Å². The number of ether oxygens (including phenoxy) is 1. The minimum absolute atomic E-state index is 0.215. The Morgan fingerprint density at radius 3 is 2.81 bits per heavy atom. The van der Waals surface area contributed by atoms with Gasteiger partial charge in [-0.15, -0.1) is 5.92 Å². The molecular formula is C27H27N7O2. The van der Waals surface area contributed by atoms with Crippen molar-refractivity contribution in [2.24, 2.45) is 4.99 Å². The molecule has 182 valence electrons. The van der Waals surface area contributed by atoms with Crippen LogP contribution in [0.4, 0.5) is 5.82 Å². The molecule has 9 heteroatoms. The van der Waals surface area contributed by atoms with Crippen molar-refractivity contribution in [3.05, 3.63) is 65.8 Å². The van der Waals surface area contributed by atoms with Crippen LogP contribution < -0.4 is 15.4 Å². The third-order valence-electron chi connectivity index (χ3n) is 5.03. The number of amides is 1. The van der Waals surface area contributed by atoms with Crippen molar-refractivity contribution in [2.75, 3.05) is 25.0 Å². The second-order valence-corrected chi connectivity index (χ2v) is 7.54. The maximum absolute atomic E-state index is 12.3. The van der Waals surface area contributed by atoms with E-state index in [1.807, 2.05) is 32.0 Å². The molecule has 0 bridgehead atoms. The Morgan fingerprint density at radius 2 is 2.14 bits per heavy atom. The van der Waals surface area contributed by atoms with Gasteiger partial charge in [-0.3, -0.25) is 9.79 Å². The fourth-order valence-electron chi connectivity index (χ4n) is 3.40. The van der Waals surface area contributed by atoms with Gasteiger partial charge in [-0.05, 0) is 63.4 Å². The Labute approximate surface area is 210 Å². The maximum atomic E-state index is 12.3. The van der Waals surface area contributed by atoms with E-state index in [-0.39, 0.29) is 11.6 Å². The number of carbonyl (C=O) groups excluding carboxylic acids is 1. The zero-order valence-electron chi connectivity index (χ0n) is 20.5. The molecule has 0 aromatic carbocycles. The van der Waals surface area contributed by atoms with Gasteiger partial charge in [-0.25, -0.2) is 9.50 Å². The molecule has 0 aliphatic carbocycles. The molecular weight excluding hydrogens is 454 g/mol. The number of nitrogens with one attached hydrogen (secondary N) is 2. The minimum Gasteiger partial charge on any atom is -0.492 e. The second kappa shape index (κ2) is 12.5. The molecule has 3 rings (SSSR count). The van der Waals surface area contributed by atoms with E-state index in [4.69, 9.17) is 4.74 Å². The van der Waals surface area contributed by atoms with Crippen LogP contribution in [-0.4, -0.2) is 46.9 Å². The highest BCUT2D eigenvalue weighted by Crippen LogP contribution is 2.30. The summed E-state index contributed by atoms with van der Waals surface area (Å²) in [6, 6.07) is 7.80. The van der Waals surface area contributed by atoms with Gasteiger partial charge in [0.25, 0.3) is 5.91 Å². The Kier molecular flexibility index (Phi) is 8.96. The average Bonchev–Trinajstić information content (AvgIpc) is 3.30. The highest BCUT2D eigenvalue weighted by atomic mass is 16.5. The number of carbonyl (C=O) groups is 1. The first-order chi connectivity index (χ1) is 17.5. The third kappa shape index (κ3) is 6.37. The minimum atomic E-state index is -0.323. The Morgan fingerprint density at radius 1 is 1.31 bits per heavy atom. The van der Waals surface area contributed by atoms with Crippen LogP contribution in [0.1, 0.15) is 26.3 Å². The zero-order valence-corrected chi connectivity index (χ0v) is 20.5. The number of allylic oxidation sites excluding steroid dienone is 3. The van der Waals surface area contributed by atoms with Crippen LogP contribution in [-0.2, 0) is 4.79 Å². The van der Waals surface area contributed by atoms with Gasteiger partial charge in [0.05, 0.1) is 30.1 Å². The highest BCUT2D eigenvalue weighted by Gasteiger charge is 2.14. The molecule has 9 nitrogen and oxygen atoms in total. The van der Waals surface area contributed by atoms with Crippen LogP contribution in [0.3, 0.4) is 0 Å². The number of nitriles is 1. The molecule has 0 spiro atoms. The smallest absolute Gasteiger partial charge is 0.269 e. The van der Waals surface area contributed by atoms with Crippen LogP contribution in [0, 0.1) is 23.2 Å². The number of anilines is 1. The van der Waals surface area contributed by atoms with E-state index in [1.54, 1.807) is 36.0 Å². The summed E-state index contributed by atoms with van der Waals surface area (Å²) in [5.74, 6) is 6.67. The normalized spacial score (nSPS) is 11.3. The van der Waals surface area contributed by atoms with E-state index in [2.05, 4.69) is 50.3 Å². The first-order valence-corrected chi connectivity index (χ1v) is 11.3. The second-order valence-electron chi connectivity index (χ2n) is 7.54. The molecule has 0 aliphatic heterocycles. The number of nitrogens with zero attached hydrogens (tertiary/aromatic N) is 5. The lowest BCUT2D eigenvalue weighted by Crippen LogP contribution is -2.29.